The highest BCUT2D eigenvalue weighted by Crippen LogP contribution is 2.52. The normalized spacial score (nSPS) is 13.4. The summed E-state index contributed by atoms with van der Waals surface area (Å²) in [5.74, 6) is 0. The molecule has 5 rings (SSSR count). The van der Waals surface area contributed by atoms with Crippen LogP contribution in [0.5, 0.6) is 0 Å². The summed E-state index contributed by atoms with van der Waals surface area (Å²) in [6.07, 6.45) is 0. The summed E-state index contributed by atoms with van der Waals surface area (Å²) in [5, 5.41) is 6.92. The molecule has 4 aromatic rings. The van der Waals surface area contributed by atoms with Gasteiger partial charge in [0, 0.05) is 16.8 Å². The molecule has 0 bridgehead atoms. The van der Waals surface area contributed by atoms with Gasteiger partial charge in [0.05, 0.1) is 22.7 Å². The minimum atomic E-state index is -0.174. The monoisotopic (exact) mass is 406 g/mol. The van der Waals surface area contributed by atoms with E-state index in [0.717, 1.165) is 45.3 Å². The fourth-order valence-electron chi connectivity index (χ4n) is 4.43. The van der Waals surface area contributed by atoms with Crippen molar-refractivity contribution in [2.45, 2.75) is 19.3 Å². The van der Waals surface area contributed by atoms with Gasteiger partial charge in [0.2, 0.25) is 0 Å². The summed E-state index contributed by atoms with van der Waals surface area (Å²) >= 11 is 0. The third kappa shape index (κ3) is 3.26. The molecule has 154 valence electrons. The average molecular weight is 407 g/mol. The first-order chi connectivity index (χ1) is 14.9. The zero-order chi connectivity index (χ0) is 21.6. The van der Waals surface area contributed by atoms with Crippen molar-refractivity contribution >= 4 is 34.1 Å². The van der Waals surface area contributed by atoms with E-state index in [-0.39, 0.29) is 5.41 Å². The largest absolute Gasteiger partial charge is 0.397 e. The quantitative estimate of drug-likeness (QED) is 0.286. The number of para-hydroxylation sites is 2. The zero-order valence-corrected chi connectivity index (χ0v) is 17.7. The Kier molecular flexibility index (Phi) is 4.36. The highest BCUT2D eigenvalue weighted by Gasteiger charge is 2.37. The molecule has 4 nitrogen and oxygen atoms in total. The van der Waals surface area contributed by atoms with Gasteiger partial charge in [-0.1, -0.05) is 50.2 Å². The molecule has 0 heterocycles. The molecule has 0 fully saturated rings. The topological polar surface area (TPSA) is 76.1 Å². The number of nitrogens with one attached hydrogen (secondary N) is 2. The Morgan fingerprint density at radius 2 is 0.968 bits per heavy atom. The van der Waals surface area contributed by atoms with Crippen molar-refractivity contribution in [1.82, 2.24) is 0 Å². The Labute approximate surface area is 182 Å². The van der Waals surface area contributed by atoms with Crippen LogP contribution in [0.25, 0.3) is 11.1 Å². The van der Waals surface area contributed by atoms with Gasteiger partial charge in [0.25, 0.3) is 0 Å². The lowest BCUT2D eigenvalue weighted by Crippen LogP contribution is -2.16. The van der Waals surface area contributed by atoms with Crippen molar-refractivity contribution in [2.24, 2.45) is 0 Å². The van der Waals surface area contributed by atoms with E-state index in [1.54, 1.807) is 0 Å². The highest BCUT2D eigenvalue weighted by molar-refractivity contribution is 5.92. The van der Waals surface area contributed by atoms with Crippen molar-refractivity contribution in [1.29, 1.82) is 0 Å². The van der Waals surface area contributed by atoms with E-state index < -0.39 is 0 Å². The van der Waals surface area contributed by atoms with Gasteiger partial charge in [-0.2, -0.15) is 0 Å². The van der Waals surface area contributed by atoms with Crippen LogP contribution < -0.4 is 22.1 Å². The second-order valence-electron chi connectivity index (χ2n) is 8.58. The number of fused-ring (bicyclic) bond motifs is 3. The number of hydrogen-bond donors (Lipinski definition) is 4. The van der Waals surface area contributed by atoms with Crippen LogP contribution in [0.4, 0.5) is 34.1 Å². The van der Waals surface area contributed by atoms with E-state index in [0.29, 0.717) is 0 Å². The molecule has 4 aromatic carbocycles. The van der Waals surface area contributed by atoms with Crippen molar-refractivity contribution < 1.29 is 0 Å². The Hall–Kier alpha value is -3.92. The molecule has 31 heavy (non-hydrogen) atoms. The average Bonchev–Trinajstić information content (AvgIpc) is 2.96. The zero-order valence-electron chi connectivity index (χ0n) is 17.7. The molecule has 1 aliphatic carbocycles. The molecule has 1 aliphatic rings. The first-order valence-corrected chi connectivity index (χ1v) is 10.5. The Morgan fingerprint density at radius 3 is 1.35 bits per heavy atom. The summed E-state index contributed by atoms with van der Waals surface area (Å²) in [4.78, 5) is 0. The van der Waals surface area contributed by atoms with Crippen LogP contribution in [0, 0.1) is 0 Å². The molecule has 0 spiro atoms. The Morgan fingerprint density at radius 1 is 0.581 bits per heavy atom. The van der Waals surface area contributed by atoms with E-state index in [9.17, 15) is 0 Å². The lowest BCUT2D eigenvalue weighted by atomic mass is 9.82. The fourth-order valence-corrected chi connectivity index (χ4v) is 4.43. The second-order valence-corrected chi connectivity index (χ2v) is 8.58. The minimum absolute atomic E-state index is 0.174. The lowest BCUT2D eigenvalue weighted by Gasteiger charge is -2.23. The predicted molar refractivity (Wildman–Crippen MR) is 132 cm³/mol. The lowest BCUT2D eigenvalue weighted by molar-refractivity contribution is 0.661. The first-order valence-electron chi connectivity index (χ1n) is 10.5. The van der Waals surface area contributed by atoms with Gasteiger partial charge in [-0.3, -0.25) is 0 Å². The van der Waals surface area contributed by atoms with E-state index >= 15 is 0 Å². The molecule has 0 atom stereocenters. The molecular formula is C27H26N4. The van der Waals surface area contributed by atoms with Crippen LogP contribution in [-0.2, 0) is 5.41 Å². The minimum Gasteiger partial charge on any atom is -0.397 e. The van der Waals surface area contributed by atoms with Crippen LogP contribution in [0.1, 0.15) is 25.0 Å². The summed E-state index contributed by atoms with van der Waals surface area (Å²) in [5.41, 5.74) is 22.8. The number of anilines is 6. The Bertz CT molecular complexity index is 1160. The molecule has 4 heteroatoms. The summed E-state index contributed by atoms with van der Waals surface area (Å²) in [6, 6.07) is 28.7. The molecule has 0 unspecified atom stereocenters. The maximum atomic E-state index is 6.45. The number of nitrogens with two attached hydrogens (primary N) is 2. The highest BCUT2D eigenvalue weighted by atomic mass is 14.9. The molecule has 0 aliphatic heterocycles. The maximum absolute atomic E-state index is 6.45. The van der Waals surface area contributed by atoms with Crippen LogP contribution in [0.3, 0.4) is 0 Å². The van der Waals surface area contributed by atoms with Gasteiger partial charge < -0.3 is 22.1 Å². The summed E-state index contributed by atoms with van der Waals surface area (Å²) in [6.45, 7) is 4.51. The van der Waals surface area contributed by atoms with Crippen molar-refractivity contribution in [2.75, 3.05) is 22.1 Å². The molecule has 0 saturated heterocycles. The second kappa shape index (κ2) is 7.10. The molecule has 0 saturated carbocycles. The van der Waals surface area contributed by atoms with Gasteiger partial charge in [-0.05, 0) is 70.8 Å². The van der Waals surface area contributed by atoms with Gasteiger partial charge in [0.15, 0.2) is 0 Å². The standard InChI is InChI=1S/C27H26N4/c1-27(2)21-15-25(30-17-9-5-3-6-10-17)23(28)13-19(21)20-14-24(29)26(16-22(20)27)31-18-11-7-4-8-12-18/h3-16,30-31H,28-29H2,1-2H3. The number of rotatable bonds is 4. The van der Waals surface area contributed by atoms with E-state index in [2.05, 4.69) is 48.7 Å². The van der Waals surface area contributed by atoms with Gasteiger partial charge >= 0.3 is 0 Å². The molecular weight excluding hydrogens is 380 g/mol. The number of benzene rings is 4. The van der Waals surface area contributed by atoms with E-state index in [4.69, 9.17) is 11.5 Å². The maximum Gasteiger partial charge on any atom is 0.0621 e. The van der Waals surface area contributed by atoms with Crippen LogP contribution in [0.2, 0.25) is 0 Å². The van der Waals surface area contributed by atoms with Crippen molar-refractivity contribution in [3.63, 3.8) is 0 Å². The van der Waals surface area contributed by atoms with Gasteiger partial charge in [-0.25, -0.2) is 0 Å². The molecule has 0 aromatic heterocycles. The van der Waals surface area contributed by atoms with Crippen LogP contribution in [-0.4, -0.2) is 0 Å². The third-order valence-electron chi connectivity index (χ3n) is 6.12. The fraction of sp³-hybridized carbons (Fsp3) is 0.111. The predicted octanol–water partition coefficient (Wildman–Crippen LogP) is 6.64. The summed E-state index contributed by atoms with van der Waals surface area (Å²) < 4.78 is 0. The van der Waals surface area contributed by atoms with E-state index in [1.807, 2.05) is 60.7 Å². The first kappa shape index (κ1) is 19.1. The molecule has 6 N–H and O–H groups in total. The Balaban J connectivity index is 1.57. The van der Waals surface area contributed by atoms with Crippen LogP contribution >= 0.6 is 0 Å². The van der Waals surface area contributed by atoms with Crippen molar-refractivity contribution in [3.05, 3.63) is 96.1 Å². The molecule has 0 amide bonds. The smallest absolute Gasteiger partial charge is 0.0621 e. The van der Waals surface area contributed by atoms with Gasteiger partial charge in [0.1, 0.15) is 0 Å². The molecule has 0 radical (unpaired) electrons. The van der Waals surface area contributed by atoms with Gasteiger partial charge in [-0.15, -0.1) is 0 Å². The summed E-state index contributed by atoms with van der Waals surface area (Å²) in [7, 11) is 0. The SMILES string of the molecule is CC1(C)c2cc(Nc3ccccc3)c(N)cc2-c2cc(N)c(Nc3ccccc3)cc21. The number of nitrogen functional groups attached to an aromatic ring is 2. The third-order valence-corrected chi connectivity index (χ3v) is 6.12. The van der Waals surface area contributed by atoms with Crippen LogP contribution in [0.15, 0.2) is 84.9 Å². The number of hydrogen-bond acceptors (Lipinski definition) is 4. The van der Waals surface area contributed by atoms with E-state index in [1.165, 1.54) is 11.1 Å². The van der Waals surface area contributed by atoms with Crippen molar-refractivity contribution in [3.8, 4) is 11.1 Å².